The van der Waals surface area contributed by atoms with Crippen LogP contribution in [0.3, 0.4) is 0 Å². The van der Waals surface area contributed by atoms with Gasteiger partial charge in [-0.3, -0.25) is 4.79 Å². The van der Waals surface area contributed by atoms with Gasteiger partial charge in [0.25, 0.3) is 0 Å². The molecule has 0 spiro atoms. The van der Waals surface area contributed by atoms with Crippen molar-refractivity contribution in [1.29, 1.82) is 0 Å². The molecule has 0 aliphatic carbocycles. The molecule has 100 valence electrons. The van der Waals surface area contributed by atoms with Gasteiger partial charge in [-0.25, -0.2) is 0 Å². The molecule has 0 aliphatic rings. The van der Waals surface area contributed by atoms with Crippen LogP contribution in [0.2, 0.25) is 0 Å². The van der Waals surface area contributed by atoms with E-state index in [1.807, 2.05) is 43.3 Å². The molecule has 0 bridgehead atoms. The van der Waals surface area contributed by atoms with Gasteiger partial charge < -0.3 is 0 Å². The lowest BCUT2D eigenvalue weighted by Crippen LogP contribution is -2.09. The SMILES string of the molecule is CC(C(=O)c1ccc(C(C)(C)C)s1)c1ccccc1. The van der Waals surface area contributed by atoms with E-state index in [1.54, 1.807) is 11.3 Å². The van der Waals surface area contributed by atoms with Crippen LogP contribution in [0.15, 0.2) is 42.5 Å². The summed E-state index contributed by atoms with van der Waals surface area (Å²) in [6, 6.07) is 14.0. The lowest BCUT2D eigenvalue weighted by Gasteiger charge is -2.15. The number of benzene rings is 1. The Hall–Kier alpha value is -1.41. The fraction of sp³-hybridized carbons (Fsp3) is 0.353. The van der Waals surface area contributed by atoms with Gasteiger partial charge in [0, 0.05) is 10.8 Å². The van der Waals surface area contributed by atoms with Crippen molar-refractivity contribution in [1.82, 2.24) is 0 Å². The summed E-state index contributed by atoms with van der Waals surface area (Å²) in [6.45, 7) is 8.50. The van der Waals surface area contributed by atoms with Gasteiger partial charge in [-0.05, 0) is 23.1 Å². The molecule has 1 aromatic carbocycles. The summed E-state index contributed by atoms with van der Waals surface area (Å²) < 4.78 is 0. The van der Waals surface area contributed by atoms with Crippen molar-refractivity contribution in [2.45, 2.75) is 39.0 Å². The van der Waals surface area contributed by atoms with E-state index in [0.717, 1.165) is 10.4 Å². The number of Topliss-reactive ketones (excluding diaryl/α,β-unsaturated/α-hetero) is 1. The maximum Gasteiger partial charge on any atom is 0.179 e. The Morgan fingerprint density at radius 2 is 1.68 bits per heavy atom. The molecule has 19 heavy (non-hydrogen) atoms. The van der Waals surface area contributed by atoms with E-state index in [-0.39, 0.29) is 17.1 Å². The minimum atomic E-state index is -0.0762. The first kappa shape index (κ1) is 14.0. The van der Waals surface area contributed by atoms with Crippen LogP contribution in [-0.4, -0.2) is 5.78 Å². The highest BCUT2D eigenvalue weighted by molar-refractivity contribution is 7.14. The summed E-state index contributed by atoms with van der Waals surface area (Å²) in [5.41, 5.74) is 1.19. The Morgan fingerprint density at radius 3 is 2.21 bits per heavy atom. The third-order valence-electron chi connectivity index (χ3n) is 3.28. The molecular weight excluding hydrogens is 252 g/mol. The summed E-state index contributed by atoms with van der Waals surface area (Å²) in [5, 5.41) is 0. The topological polar surface area (TPSA) is 17.1 Å². The van der Waals surface area contributed by atoms with E-state index in [4.69, 9.17) is 0 Å². The molecule has 1 atom stereocenters. The van der Waals surface area contributed by atoms with Crippen molar-refractivity contribution in [3.63, 3.8) is 0 Å². The van der Waals surface area contributed by atoms with Crippen molar-refractivity contribution in [2.24, 2.45) is 0 Å². The van der Waals surface area contributed by atoms with E-state index in [1.165, 1.54) is 4.88 Å². The van der Waals surface area contributed by atoms with Gasteiger partial charge in [0.1, 0.15) is 0 Å². The van der Waals surface area contributed by atoms with E-state index in [0.29, 0.717) is 0 Å². The maximum atomic E-state index is 12.5. The first-order valence-electron chi connectivity index (χ1n) is 6.59. The summed E-state index contributed by atoms with van der Waals surface area (Å²) in [7, 11) is 0. The number of thiophene rings is 1. The van der Waals surface area contributed by atoms with Crippen molar-refractivity contribution < 1.29 is 4.79 Å². The summed E-state index contributed by atoms with van der Waals surface area (Å²) in [6.07, 6.45) is 0. The predicted octanol–water partition coefficient (Wildman–Crippen LogP) is 5.03. The van der Waals surface area contributed by atoms with Crippen LogP contribution in [0, 0.1) is 0 Å². The van der Waals surface area contributed by atoms with Gasteiger partial charge in [0.2, 0.25) is 0 Å². The first-order chi connectivity index (χ1) is 8.89. The first-order valence-corrected chi connectivity index (χ1v) is 7.40. The minimum absolute atomic E-state index is 0.0762. The molecule has 0 saturated carbocycles. The van der Waals surface area contributed by atoms with Crippen molar-refractivity contribution in [3.8, 4) is 0 Å². The normalized spacial score (nSPS) is 13.3. The van der Waals surface area contributed by atoms with Gasteiger partial charge in [-0.15, -0.1) is 11.3 Å². The van der Waals surface area contributed by atoms with Gasteiger partial charge in [0.15, 0.2) is 5.78 Å². The highest BCUT2D eigenvalue weighted by Crippen LogP contribution is 2.32. The zero-order chi connectivity index (χ0) is 14.0. The molecule has 0 fully saturated rings. The van der Waals surface area contributed by atoms with E-state index < -0.39 is 0 Å². The Morgan fingerprint density at radius 1 is 1.05 bits per heavy atom. The van der Waals surface area contributed by atoms with Crippen molar-refractivity contribution >= 4 is 17.1 Å². The molecule has 0 saturated heterocycles. The maximum absolute atomic E-state index is 12.5. The second-order valence-electron chi connectivity index (χ2n) is 5.91. The van der Waals surface area contributed by atoms with Crippen LogP contribution in [0.25, 0.3) is 0 Å². The predicted molar refractivity (Wildman–Crippen MR) is 82.2 cm³/mol. The number of carbonyl (C=O) groups excluding carboxylic acids is 1. The monoisotopic (exact) mass is 272 g/mol. The second kappa shape index (κ2) is 5.30. The zero-order valence-corrected chi connectivity index (χ0v) is 12.8. The molecule has 2 heteroatoms. The Bertz CT molecular complexity index is 560. The molecule has 0 radical (unpaired) electrons. The average Bonchev–Trinajstić information content (AvgIpc) is 2.87. The molecule has 2 aromatic rings. The number of rotatable bonds is 3. The number of carbonyl (C=O) groups is 1. The second-order valence-corrected chi connectivity index (χ2v) is 6.99. The summed E-state index contributed by atoms with van der Waals surface area (Å²) in [4.78, 5) is 14.6. The third kappa shape index (κ3) is 3.13. The number of ketones is 1. The van der Waals surface area contributed by atoms with Crippen molar-refractivity contribution in [3.05, 3.63) is 57.8 Å². The van der Waals surface area contributed by atoms with Gasteiger partial charge in [-0.1, -0.05) is 58.0 Å². The molecule has 0 amide bonds. The Kier molecular flexibility index (Phi) is 3.91. The van der Waals surface area contributed by atoms with Gasteiger partial charge >= 0.3 is 0 Å². The van der Waals surface area contributed by atoms with E-state index in [9.17, 15) is 4.79 Å². The molecule has 1 unspecified atom stereocenters. The fourth-order valence-corrected chi connectivity index (χ4v) is 3.07. The number of hydrogen-bond donors (Lipinski definition) is 0. The molecule has 1 aromatic heterocycles. The van der Waals surface area contributed by atoms with Crippen LogP contribution in [0.5, 0.6) is 0 Å². The average molecular weight is 272 g/mol. The largest absolute Gasteiger partial charge is 0.293 e. The third-order valence-corrected chi connectivity index (χ3v) is 4.81. The van der Waals surface area contributed by atoms with Gasteiger partial charge in [0.05, 0.1) is 4.88 Å². The minimum Gasteiger partial charge on any atom is -0.293 e. The van der Waals surface area contributed by atoms with Crippen LogP contribution in [0.4, 0.5) is 0 Å². The molecule has 2 rings (SSSR count). The van der Waals surface area contributed by atoms with Crippen LogP contribution in [0.1, 0.15) is 53.7 Å². The van der Waals surface area contributed by atoms with E-state index in [2.05, 4.69) is 26.8 Å². The van der Waals surface area contributed by atoms with Crippen LogP contribution < -0.4 is 0 Å². The highest BCUT2D eigenvalue weighted by atomic mass is 32.1. The molecule has 0 N–H and O–H groups in total. The smallest absolute Gasteiger partial charge is 0.179 e. The molecular formula is C17H20OS. The summed E-state index contributed by atoms with van der Waals surface area (Å²) in [5.74, 6) is 0.138. The van der Waals surface area contributed by atoms with E-state index >= 15 is 0 Å². The standard InChI is InChI=1S/C17H20OS/c1-12(13-8-6-5-7-9-13)16(18)14-10-11-15(19-14)17(2,3)4/h5-12H,1-4H3. The Balaban J connectivity index is 2.23. The lowest BCUT2D eigenvalue weighted by atomic mass is 9.94. The molecule has 1 heterocycles. The summed E-state index contributed by atoms with van der Waals surface area (Å²) >= 11 is 1.62. The zero-order valence-electron chi connectivity index (χ0n) is 11.9. The lowest BCUT2D eigenvalue weighted by molar-refractivity contribution is 0.0970. The van der Waals surface area contributed by atoms with Gasteiger partial charge in [-0.2, -0.15) is 0 Å². The molecule has 0 aliphatic heterocycles. The highest BCUT2D eigenvalue weighted by Gasteiger charge is 2.22. The number of hydrogen-bond acceptors (Lipinski definition) is 2. The Labute approximate surface area is 119 Å². The molecule has 1 nitrogen and oxygen atoms in total. The van der Waals surface area contributed by atoms with Crippen LogP contribution >= 0.6 is 11.3 Å². The fourth-order valence-electron chi connectivity index (χ4n) is 1.98. The van der Waals surface area contributed by atoms with Crippen molar-refractivity contribution in [2.75, 3.05) is 0 Å². The van der Waals surface area contributed by atoms with Crippen LogP contribution in [-0.2, 0) is 5.41 Å². The quantitative estimate of drug-likeness (QED) is 0.716.